The van der Waals surface area contributed by atoms with E-state index in [2.05, 4.69) is 39.9 Å². The van der Waals surface area contributed by atoms with Crippen LogP contribution in [0.4, 0.5) is 0 Å². The minimum Gasteiger partial charge on any atom is -0.307 e. The molecule has 2 nitrogen and oxygen atoms in total. The first kappa shape index (κ1) is 13.0. The first-order valence-corrected chi connectivity index (χ1v) is 6.31. The molecule has 1 fully saturated rings. The van der Waals surface area contributed by atoms with Gasteiger partial charge in [-0.3, -0.25) is 0 Å². The third-order valence-corrected chi connectivity index (χ3v) is 3.07. The number of hydrogen-bond acceptors (Lipinski definition) is 1. The van der Waals surface area contributed by atoms with Gasteiger partial charge in [-0.15, -0.1) is 0 Å². The van der Waals surface area contributed by atoms with E-state index in [0.717, 1.165) is 6.54 Å². The highest BCUT2D eigenvalue weighted by atomic mass is 15.1. The van der Waals surface area contributed by atoms with Crippen LogP contribution in [0.1, 0.15) is 60.3 Å². The molecule has 0 amide bonds. The van der Waals surface area contributed by atoms with Gasteiger partial charge in [0.25, 0.3) is 0 Å². The fourth-order valence-corrected chi connectivity index (χ4v) is 2.83. The molecule has 1 radical (unpaired) electrons. The van der Waals surface area contributed by atoms with Crippen LogP contribution in [-0.2, 0) is 0 Å². The average Bonchev–Trinajstić information content (AvgIpc) is 1.98. The maximum atomic E-state index is 4.82. The smallest absolute Gasteiger partial charge is 0.0280 e. The zero-order valence-electron chi connectivity index (χ0n) is 11.1. The van der Waals surface area contributed by atoms with Gasteiger partial charge >= 0.3 is 0 Å². The number of rotatable bonds is 4. The van der Waals surface area contributed by atoms with Crippen LogP contribution in [-0.4, -0.2) is 23.7 Å². The van der Waals surface area contributed by atoms with E-state index in [0.29, 0.717) is 6.04 Å². The van der Waals surface area contributed by atoms with E-state index in [1.165, 1.54) is 25.7 Å². The van der Waals surface area contributed by atoms with Gasteiger partial charge < -0.3 is 5.32 Å². The summed E-state index contributed by atoms with van der Waals surface area (Å²) in [5.41, 5.74) is 0.476. The summed E-state index contributed by atoms with van der Waals surface area (Å²) in [6.45, 7) is 12.4. The van der Waals surface area contributed by atoms with Crippen molar-refractivity contribution in [2.45, 2.75) is 77.4 Å². The summed E-state index contributed by atoms with van der Waals surface area (Å²) in [4.78, 5) is 0. The van der Waals surface area contributed by atoms with Crippen LogP contribution >= 0.6 is 0 Å². The van der Waals surface area contributed by atoms with E-state index in [4.69, 9.17) is 5.32 Å². The van der Waals surface area contributed by atoms with Crippen molar-refractivity contribution in [1.82, 2.24) is 10.6 Å². The Balaban J connectivity index is 2.44. The lowest BCUT2D eigenvalue weighted by Gasteiger charge is -2.46. The predicted molar refractivity (Wildman–Crippen MR) is 66.2 cm³/mol. The van der Waals surface area contributed by atoms with Crippen LogP contribution in [0.2, 0.25) is 0 Å². The lowest BCUT2D eigenvalue weighted by Crippen LogP contribution is -2.60. The lowest BCUT2D eigenvalue weighted by molar-refractivity contribution is 0.144. The summed E-state index contributed by atoms with van der Waals surface area (Å²) in [5, 5.41) is 8.52. The molecule has 15 heavy (non-hydrogen) atoms. The zero-order valence-corrected chi connectivity index (χ0v) is 11.1. The summed E-state index contributed by atoms with van der Waals surface area (Å²) in [6, 6.07) is 0.558. The van der Waals surface area contributed by atoms with E-state index >= 15 is 0 Å². The Labute approximate surface area is 95.2 Å². The predicted octanol–water partition coefficient (Wildman–Crippen LogP) is 2.70. The number of nitrogens with zero attached hydrogens (tertiary/aromatic N) is 1. The maximum absolute atomic E-state index is 4.82. The first-order valence-electron chi connectivity index (χ1n) is 6.31. The molecule has 0 aliphatic carbocycles. The lowest BCUT2D eigenvalue weighted by atomic mass is 9.79. The third kappa shape index (κ3) is 4.52. The standard InChI is InChI=1S/C13H27N2/c1-6-7-8-14-11-9-12(2,3)15-13(4,5)10-11/h11,15H,6-10H2,1-5H3. The molecule has 1 aliphatic rings. The monoisotopic (exact) mass is 211 g/mol. The molecule has 0 aromatic rings. The Morgan fingerprint density at radius 2 is 1.67 bits per heavy atom. The Hall–Kier alpha value is -0.0800. The molecular weight excluding hydrogens is 184 g/mol. The SMILES string of the molecule is CCCC[N]C1CC(C)(C)NC(C)(C)C1. The number of piperidine rings is 1. The van der Waals surface area contributed by atoms with Gasteiger partial charge in [0.2, 0.25) is 0 Å². The number of hydrogen-bond donors (Lipinski definition) is 1. The summed E-state index contributed by atoms with van der Waals surface area (Å²) in [6.07, 6.45) is 4.85. The number of nitrogens with one attached hydrogen (secondary N) is 1. The minimum absolute atomic E-state index is 0.238. The largest absolute Gasteiger partial charge is 0.307 e. The Kier molecular flexibility index (Phi) is 4.19. The molecule has 0 unspecified atom stereocenters. The highest BCUT2D eigenvalue weighted by Gasteiger charge is 2.37. The second-order valence-electron chi connectivity index (χ2n) is 6.21. The molecule has 0 spiro atoms. The highest BCUT2D eigenvalue weighted by Crippen LogP contribution is 2.28. The van der Waals surface area contributed by atoms with Crippen LogP contribution in [0, 0.1) is 0 Å². The van der Waals surface area contributed by atoms with Crippen LogP contribution in [0.5, 0.6) is 0 Å². The molecule has 89 valence electrons. The van der Waals surface area contributed by atoms with Gasteiger partial charge in [0.1, 0.15) is 0 Å². The molecule has 2 heteroatoms. The second kappa shape index (κ2) is 4.84. The number of unbranched alkanes of at least 4 members (excludes halogenated alkanes) is 1. The molecule has 1 aliphatic heterocycles. The molecule has 1 N–H and O–H groups in total. The Morgan fingerprint density at radius 3 is 2.13 bits per heavy atom. The minimum atomic E-state index is 0.238. The van der Waals surface area contributed by atoms with Crippen LogP contribution < -0.4 is 10.6 Å². The molecule has 0 atom stereocenters. The van der Waals surface area contributed by atoms with Crippen molar-refractivity contribution in [1.29, 1.82) is 0 Å². The van der Waals surface area contributed by atoms with Gasteiger partial charge in [0, 0.05) is 23.7 Å². The van der Waals surface area contributed by atoms with Crippen molar-refractivity contribution < 1.29 is 0 Å². The van der Waals surface area contributed by atoms with Gasteiger partial charge in [-0.2, -0.15) is 0 Å². The molecule has 0 bridgehead atoms. The first-order chi connectivity index (χ1) is 6.85. The molecule has 1 saturated heterocycles. The van der Waals surface area contributed by atoms with Gasteiger partial charge in [-0.25, -0.2) is 5.32 Å². The topological polar surface area (TPSA) is 26.1 Å². The van der Waals surface area contributed by atoms with Crippen LogP contribution in [0.25, 0.3) is 0 Å². The normalized spacial score (nSPS) is 25.4. The van der Waals surface area contributed by atoms with Crippen molar-refractivity contribution in [3.63, 3.8) is 0 Å². The van der Waals surface area contributed by atoms with Crippen LogP contribution in [0.15, 0.2) is 0 Å². The Bertz CT molecular complexity index is 181. The summed E-state index contributed by atoms with van der Waals surface area (Å²) >= 11 is 0. The summed E-state index contributed by atoms with van der Waals surface area (Å²) < 4.78 is 0. The fraction of sp³-hybridized carbons (Fsp3) is 1.00. The molecule has 0 aromatic heterocycles. The van der Waals surface area contributed by atoms with Crippen molar-refractivity contribution >= 4 is 0 Å². The van der Waals surface area contributed by atoms with E-state index in [9.17, 15) is 0 Å². The van der Waals surface area contributed by atoms with E-state index < -0.39 is 0 Å². The van der Waals surface area contributed by atoms with Crippen LogP contribution in [0.3, 0.4) is 0 Å². The van der Waals surface area contributed by atoms with Crippen molar-refractivity contribution in [2.24, 2.45) is 0 Å². The molecule has 0 saturated carbocycles. The van der Waals surface area contributed by atoms with Crippen molar-refractivity contribution in [3.05, 3.63) is 0 Å². The summed E-state index contributed by atoms with van der Waals surface area (Å²) in [7, 11) is 0. The maximum Gasteiger partial charge on any atom is 0.0280 e. The Morgan fingerprint density at radius 1 is 1.13 bits per heavy atom. The molecule has 0 aromatic carbocycles. The summed E-state index contributed by atoms with van der Waals surface area (Å²) in [5.74, 6) is 0. The van der Waals surface area contributed by atoms with Gasteiger partial charge in [0.15, 0.2) is 0 Å². The van der Waals surface area contributed by atoms with E-state index in [1.54, 1.807) is 0 Å². The highest BCUT2D eigenvalue weighted by molar-refractivity contribution is 4.99. The van der Waals surface area contributed by atoms with Crippen molar-refractivity contribution in [2.75, 3.05) is 6.54 Å². The quantitative estimate of drug-likeness (QED) is 0.711. The molecular formula is C13H27N2. The third-order valence-electron chi connectivity index (χ3n) is 3.07. The molecule has 1 rings (SSSR count). The van der Waals surface area contributed by atoms with E-state index in [-0.39, 0.29) is 11.1 Å². The van der Waals surface area contributed by atoms with Gasteiger partial charge in [0.05, 0.1) is 0 Å². The second-order valence-corrected chi connectivity index (χ2v) is 6.21. The average molecular weight is 211 g/mol. The molecule has 1 heterocycles. The van der Waals surface area contributed by atoms with E-state index in [1.807, 2.05) is 0 Å². The van der Waals surface area contributed by atoms with Gasteiger partial charge in [-0.1, -0.05) is 13.3 Å². The van der Waals surface area contributed by atoms with Gasteiger partial charge in [-0.05, 0) is 47.0 Å². The van der Waals surface area contributed by atoms with Crippen molar-refractivity contribution in [3.8, 4) is 0 Å². The zero-order chi connectivity index (χ0) is 11.5. The fourth-order valence-electron chi connectivity index (χ4n) is 2.83.